The van der Waals surface area contributed by atoms with Crippen LogP contribution in [0, 0.1) is 17.8 Å². The Labute approximate surface area is 188 Å². The number of carbonyl (C=O) groups excluding carboxylic acids is 3. The Kier molecular flexibility index (Phi) is 13.0. The minimum atomic E-state index is -0.0190. The van der Waals surface area contributed by atoms with Crippen LogP contribution in [-0.2, 0) is 23.9 Å². The van der Waals surface area contributed by atoms with E-state index >= 15 is 0 Å². The summed E-state index contributed by atoms with van der Waals surface area (Å²) in [7, 11) is 0. The maximum Gasteiger partial charge on any atom is 0.225 e. The molecule has 180 valence electrons. The van der Waals surface area contributed by atoms with Crippen LogP contribution >= 0.6 is 0 Å². The summed E-state index contributed by atoms with van der Waals surface area (Å²) in [6.45, 7) is 14.0. The Balaban J connectivity index is 2.07. The summed E-state index contributed by atoms with van der Waals surface area (Å²) < 4.78 is 11.1. The summed E-state index contributed by atoms with van der Waals surface area (Å²) in [5, 5.41) is 3.06. The number of ketones is 1. The van der Waals surface area contributed by atoms with Gasteiger partial charge in [-0.25, -0.2) is 0 Å². The van der Waals surface area contributed by atoms with Crippen LogP contribution in [-0.4, -0.2) is 67.6 Å². The van der Waals surface area contributed by atoms with Crippen LogP contribution in [0.5, 0.6) is 0 Å². The van der Waals surface area contributed by atoms with E-state index in [1.165, 1.54) is 0 Å². The molecule has 31 heavy (non-hydrogen) atoms. The average Bonchev–Trinajstić information content (AvgIpc) is 2.71. The molecule has 0 atom stereocenters. The molecule has 0 spiro atoms. The third kappa shape index (κ3) is 10.6. The lowest BCUT2D eigenvalue weighted by Crippen LogP contribution is -2.41. The maximum atomic E-state index is 12.2. The van der Waals surface area contributed by atoms with Crippen molar-refractivity contribution in [2.45, 2.75) is 85.7 Å². The molecule has 0 bridgehead atoms. The highest BCUT2D eigenvalue weighted by atomic mass is 16.5. The number of nitrogens with one attached hydrogen (secondary N) is 1. The first-order valence-electron chi connectivity index (χ1n) is 11.9. The molecule has 2 amide bonds. The van der Waals surface area contributed by atoms with Crippen molar-refractivity contribution < 1.29 is 23.9 Å². The molecule has 1 rings (SSSR count). The summed E-state index contributed by atoms with van der Waals surface area (Å²) >= 11 is 0. The van der Waals surface area contributed by atoms with Gasteiger partial charge in [-0.05, 0) is 39.5 Å². The summed E-state index contributed by atoms with van der Waals surface area (Å²) in [6, 6.07) is 0.323. The molecule has 0 unspecified atom stereocenters. The molecular formula is C24H44N2O5. The van der Waals surface area contributed by atoms with E-state index in [1.807, 2.05) is 46.4 Å². The fraction of sp³-hybridized carbons (Fsp3) is 0.875. The predicted octanol–water partition coefficient (Wildman–Crippen LogP) is 3.20. The van der Waals surface area contributed by atoms with Crippen LogP contribution in [0.4, 0.5) is 0 Å². The van der Waals surface area contributed by atoms with Gasteiger partial charge in [-0.2, -0.15) is 0 Å². The first-order chi connectivity index (χ1) is 14.6. The van der Waals surface area contributed by atoms with E-state index in [4.69, 9.17) is 9.47 Å². The van der Waals surface area contributed by atoms with Gasteiger partial charge in [-0.1, -0.05) is 27.7 Å². The molecule has 0 aromatic rings. The van der Waals surface area contributed by atoms with Gasteiger partial charge in [-0.15, -0.1) is 0 Å². The molecule has 0 heterocycles. The van der Waals surface area contributed by atoms with E-state index < -0.39 is 0 Å². The molecule has 1 saturated carbocycles. The zero-order valence-corrected chi connectivity index (χ0v) is 20.4. The van der Waals surface area contributed by atoms with Crippen LogP contribution in [0.1, 0.15) is 73.6 Å². The van der Waals surface area contributed by atoms with Crippen molar-refractivity contribution in [3.05, 3.63) is 0 Å². The lowest BCUT2D eigenvalue weighted by molar-refractivity contribution is -0.137. The smallest absolute Gasteiger partial charge is 0.225 e. The molecular weight excluding hydrogens is 396 g/mol. The monoisotopic (exact) mass is 440 g/mol. The Hall–Kier alpha value is -1.47. The van der Waals surface area contributed by atoms with Gasteiger partial charge < -0.3 is 19.7 Å². The van der Waals surface area contributed by atoms with Gasteiger partial charge >= 0.3 is 0 Å². The molecule has 0 saturated heterocycles. The zero-order chi connectivity index (χ0) is 23.4. The highest BCUT2D eigenvalue weighted by Crippen LogP contribution is 2.27. The van der Waals surface area contributed by atoms with Crippen molar-refractivity contribution >= 4 is 17.6 Å². The highest BCUT2D eigenvalue weighted by Gasteiger charge is 2.28. The van der Waals surface area contributed by atoms with Gasteiger partial charge in [0.1, 0.15) is 5.78 Å². The Morgan fingerprint density at radius 1 is 0.839 bits per heavy atom. The summed E-state index contributed by atoms with van der Waals surface area (Å²) in [6.07, 6.45) is 3.81. The molecule has 7 heteroatoms. The minimum Gasteiger partial charge on any atom is -0.379 e. The van der Waals surface area contributed by atoms with Crippen molar-refractivity contribution in [3.63, 3.8) is 0 Å². The van der Waals surface area contributed by atoms with E-state index in [0.717, 1.165) is 25.7 Å². The molecule has 7 nitrogen and oxygen atoms in total. The van der Waals surface area contributed by atoms with Gasteiger partial charge in [0, 0.05) is 42.8 Å². The number of nitrogens with zero attached hydrogens (tertiary/aromatic N) is 1. The molecule has 0 aliphatic heterocycles. The quantitative estimate of drug-likeness (QED) is 0.419. The van der Waals surface area contributed by atoms with Crippen molar-refractivity contribution in [2.24, 2.45) is 17.8 Å². The normalized spacial score (nSPS) is 19.1. The fourth-order valence-corrected chi connectivity index (χ4v) is 3.90. The molecule has 1 fully saturated rings. The summed E-state index contributed by atoms with van der Waals surface area (Å²) in [5.41, 5.74) is 0. The van der Waals surface area contributed by atoms with Gasteiger partial charge in [0.25, 0.3) is 0 Å². The number of ether oxygens (including phenoxy) is 2. The standard InChI is InChI=1S/C24H44N2O5/c1-17(2)23(28)20-7-9-21(10-8-20)25-22(27)11-13-30-15-16-31-14-12-26(19(5)6)24(29)18(3)4/h17-21H,7-16H2,1-6H3,(H,25,27). The molecule has 0 radical (unpaired) electrons. The predicted molar refractivity (Wildman–Crippen MR) is 122 cm³/mol. The SMILES string of the molecule is CC(C)C(=O)C1CCC(NC(=O)CCOCCOCCN(C(=O)C(C)C)C(C)C)CC1. The zero-order valence-electron chi connectivity index (χ0n) is 20.4. The third-order valence-corrected chi connectivity index (χ3v) is 5.79. The molecule has 1 aliphatic rings. The van der Waals surface area contributed by atoms with Crippen LogP contribution in [0.25, 0.3) is 0 Å². The summed E-state index contributed by atoms with van der Waals surface area (Å²) in [4.78, 5) is 38.2. The molecule has 0 aromatic heterocycles. The second-order valence-electron chi connectivity index (χ2n) is 9.43. The Morgan fingerprint density at radius 2 is 1.42 bits per heavy atom. The summed E-state index contributed by atoms with van der Waals surface area (Å²) in [5.74, 6) is 0.722. The minimum absolute atomic E-state index is 0.000623. The number of hydrogen-bond acceptors (Lipinski definition) is 5. The number of carbonyl (C=O) groups is 3. The van der Waals surface area contributed by atoms with Crippen LogP contribution in [0.3, 0.4) is 0 Å². The second kappa shape index (κ2) is 14.6. The van der Waals surface area contributed by atoms with Gasteiger partial charge in [0.15, 0.2) is 0 Å². The van der Waals surface area contributed by atoms with E-state index in [9.17, 15) is 14.4 Å². The highest BCUT2D eigenvalue weighted by molar-refractivity contribution is 5.83. The van der Waals surface area contributed by atoms with Crippen molar-refractivity contribution in [3.8, 4) is 0 Å². The molecule has 1 aliphatic carbocycles. The van der Waals surface area contributed by atoms with Crippen LogP contribution in [0.15, 0.2) is 0 Å². The topological polar surface area (TPSA) is 84.9 Å². The Morgan fingerprint density at radius 3 is 1.94 bits per heavy atom. The number of amides is 2. The first kappa shape index (κ1) is 27.6. The maximum absolute atomic E-state index is 12.2. The van der Waals surface area contributed by atoms with Crippen LogP contribution < -0.4 is 5.32 Å². The molecule has 0 aromatic carbocycles. The number of Topliss-reactive ketones (excluding diaryl/α,β-unsaturated/α-hetero) is 1. The van der Waals surface area contributed by atoms with E-state index in [2.05, 4.69) is 5.32 Å². The average molecular weight is 441 g/mol. The fourth-order valence-electron chi connectivity index (χ4n) is 3.90. The van der Waals surface area contributed by atoms with Gasteiger partial charge in [0.05, 0.1) is 26.4 Å². The molecule has 1 N–H and O–H groups in total. The lowest BCUT2D eigenvalue weighted by atomic mass is 9.80. The van der Waals surface area contributed by atoms with Crippen molar-refractivity contribution in [2.75, 3.05) is 33.0 Å². The van der Waals surface area contributed by atoms with Gasteiger partial charge in [0.2, 0.25) is 11.8 Å². The number of hydrogen-bond donors (Lipinski definition) is 1. The van der Waals surface area contributed by atoms with Crippen LogP contribution in [0.2, 0.25) is 0 Å². The number of rotatable bonds is 14. The second-order valence-corrected chi connectivity index (χ2v) is 9.43. The van der Waals surface area contributed by atoms with Gasteiger partial charge in [-0.3, -0.25) is 14.4 Å². The van der Waals surface area contributed by atoms with Crippen molar-refractivity contribution in [1.82, 2.24) is 10.2 Å². The van der Waals surface area contributed by atoms with E-state index in [1.54, 1.807) is 0 Å². The lowest BCUT2D eigenvalue weighted by Gasteiger charge is -2.29. The Bertz CT molecular complexity index is 554. The van der Waals surface area contributed by atoms with E-state index in [0.29, 0.717) is 45.2 Å². The first-order valence-corrected chi connectivity index (χ1v) is 11.9. The third-order valence-electron chi connectivity index (χ3n) is 5.79. The van der Waals surface area contributed by atoms with E-state index in [-0.39, 0.29) is 41.7 Å². The van der Waals surface area contributed by atoms with Crippen molar-refractivity contribution in [1.29, 1.82) is 0 Å². The largest absolute Gasteiger partial charge is 0.379 e.